The first-order chi connectivity index (χ1) is 11.5. The van der Waals surface area contributed by atoms with E-state index in [2.05, 4.69) is 15.9 Å². The van der Waals surface area contributed by atoms with Crippen LogP contribution in [-0.4, -0.2) is 16.0 Å². The van der Waals surface area contributed by atoms with Crippen LogP contribution in [0.3, 0.4) is 0 Å². The number of carbonyl (C=O) groups excluding carboxylic acids is 2. The van der Waals surface area contributed by atoms with E-state index >= 15 is 0 Å². The maximum absolute atomic E-state index is 12.5. The molecule has 0 aromatic heterocycles. The molecule has 7 heteroatoms. The Bertz CT molecular complexity index is 832. The van der Waals surface area contributed by atoms with Gasteiger partial charge in [0.15, 0.2) is 0 Å². The standard InChI is InChI=1S/C17H10BrCl2NO2S/c18-11-6-4-10(5-7-11)8-15-16(22)21(17(23)24-15)9-12-13(19)2-1-3-14(12)20/h1-8H,9H2/b15-8+. The van der Waals surface area contributed by atoms with E-state index in [4.69, 9.17) is 23.2 Å². The summed E-state index contributed by atoms with van der Waals surface area (Å²) in [5.41, 5.74) is 1.41. The zero-order valence-electron chi connectivity index (χ0n) is 12.1. The quantitative estimate of drug-likeness (QED) is 0.547. The Morgan fingerprint density at radius 1 is 1.04 bits per heavy atom. The van der Waals surface area contributed by atoms with Crippen LogP contribution in [0.25, 0.3) is 6.08 Å². The Labute approximate surface area is 161 Å². The molecule has 2 aromatic rings. The van der Waals surface area contributed by atoms with Crippen LogP contribution in [-0.2, 0) is 11.3 Å². The van der Waals surface area contributed by atoms with Crippen molar-refractivity contribution in [2.45, 2.75) is 6.54 Å². The van der Waals surface area contributed by atoms with Crippen LogP contribution in [0.5, 0.6) is 0 Å². The average molecular weight is 443 g/mol. The number of carbonyl (C=O) groups is 2. The van der Waals surface area contributed by atoms with Gasteiger partial charge in [-0.15, -0.1) is 0 Å². The highest BCUT2D eigenvalue weighted by Crippen LogP contribution is 2.35. The Morgan fingerprint density at radius 2 is 1.67 bits per heavy atom. The van der Waals surface area contributed by atoms with Gasteiger partial charge in [0.25, 0.3) is 11.1 Å². The summed E-state index contributed by atoms with van der Waals surface area (Å²) in [7, 11) is 0. The number of halogens is 3. The van der Waals surface area contributed by atoms with Crippen molar-refractivity contribution >= 4 is 68.1 Å². The zero-order valence-corrected chi connectivity index (χ0v) is 16.0. The minimum absolute atomic E-state index is 0.0564. The molecule has 0 saturated carbocycles. The third kappa shape index (κ3) is 3.70. The van der Waals surface area contributed by atoms with E-state index in [1.54, 1.807) is 24.3 Å². The Balaban J connectivity index is 1.85. The monoisotopic (exact) mass is 441 g/mol. The van der Waals surface area contributed by atoms with E-state index in [-0.39, 0.29) is 17.7 Å². The molecule has 122 valence electrons. The lowest BCUT2D eigenvalue weighted by Crippen LogP contribution is -2.27. The summed E-state index contributed by atoms with van der Waals surface area (Å²) in [5, 5.41) is 0.524. The zero-order chi connectivity index (χ0) is 17.3. The summed E-state index contributed by atoms with van der Waals surface area (Å²) in [4.78, 5) is 26.3. The summed E-state index contributed by atoms with van der Waals surface area (Å²) < 4.78 is 0.945. The third-order valence-corrected chi connectivity index (χ3v) is 5.56. The fourth-order valence-electron chi connectivity index (χ4n) is 2.19. The molecule has 1 saturated heterocycles. The van der Waals surface area contributed by atoms with Crippen LogP contribution in [0.1, 0.15) is 11.1 Å². The first-order valence-electron chi connectivity index (χ1n) is 6.89. The molecule has 2 aromatic carbocycles. The molecule has 1 fully saturated rings. The van der Waals surface area contributed by atoms with E-state index in [1.165, 1.54) is 0 Å². The number of hydrogen-bond acceptors (Lipinski definition) is 3. The van der Waals surface area contributed by atoms with E-state index in [9.17, 15) is 9.59 Å². The van der Waals surface area contributed by atoms with Gasteiger partial charge in [0.2, 0.25) is 0 Å². The lowest BCUT2D eigenvalue weighted by Gasteiger charge is -2.14. The molecule has 1 aliphatic rings. The largest absolute Gasteiger partial charge is 0.293 e. The normalized spacial score (nSPS) is 16.3. The number of nitrogens with zero attached hydrogens (tertiary/aromatic N) is 1. The summed E-state index contributed by atoms with van der Waals surface area (Å²) in [5.74, 6) is -0.344. The Kier molecular flexibility index (Phi) is 5.35. The smallest absolute Gasteiger partial charge is 0.268 e. The SMILES string of the molecule is O=C1S/C(=C/c2ccc(Br)cc2)C(=O)N1Cc1c(Cl)cccc1Cl. The maximum Gasteiger partial charge on any atom is 0.293 e. The van der Waals surface area contributed by atoms with Crippen LogP contribution >= 0.6 is 50.9 Å². The number of benzene rings is 2. The van der Waals surface area contributed by atoms with Gasteiger partial charge in [0.05, 0.1) is 11.4 Å². The summed E-state index contributed by atoms with van der Waals surface area (Å²) in [6.45, 7) is 0.0564. The molecule has 0 N–H and O–H groups in total. The molecule has 3 nitrogen and oxygen atoms in total. The topological polar surface area (TPSA) is 37.4 Å². The van der Waals surface area contributed by atoms with Crippen LogP contribution in [0.4, 0.5) is 4.79 Å². The van der Waals surface area contributed by atoms with Gasteiger partial charge in [0, 0.05) is 20.1 Å². The van der Waals surface area contributed by atoms with Gasteiger partial charge in [0.1, 0.15) is 0 Å². The van der Waals surface area contributed by atoms with Crippen molar-refractivity contribution in [1.29, 1.82) is 0 Å². The Morgan fingerprint density at radius 3 is 2.29 bits per heavy atom. The minimum atomic E-state index is -0.344. The second kappa shape index (κ2) is 7.31. The first-order valence-corrected chi connectivity index (χ1v) is 9.26. The lowest BCUT2D eigenvalue weighted by molar-refractivity contribution is -0.123. The van der Waals surface area contributed by atoms with Crippen molar-refractivity contribution in [3.63, 3.8) is 0 Å². The van der Waals surface area contributed by atoms with Gasteiger partial charge in [-0.05, 0) is 47.7 Å². The predicted octanol–water partition coefficient (Wildman–Crippen LogP) is 5.99. The molecule has 0 radical (unpaired) electrons. The van der Waals surface area contributed by atoms with Gasteiger partial charge in [-0.1, -0.05) is 57.3 Å². The fraction of sp³-hybridized carbons (Fsp3) is 0.0588. The molecule has 3 rings (SSSR count). The van der Waals surface area contributed by atoms with Gasteiger partial charge in [-0.3, -0.25) is 14.5 Å². The lowest BCUT2D eigenvalue weighted by atomic mass is 10.2. The van der Waals surface area contributed by atoms with E-state index in [0.29, 0.717) is 20.5 Å². The molecule has 2 amide bonds. The molecule has 0 spiro atoms. The van der Waals surface area contributed by atoms with Gasteiger partial charge >= 0.3 is 0 Å². The van der Waals surface area contributed by atoms with Crippen LogP contribution in [0.2, 0.25) is 10.0 Å². The summed E-state index contributed by atoms with van der Waals surface area (Å²) in [6, 6.07) is 12.6. The maximum atomic E-state index is 12.5. The van der Waals surface area contributed by atoms with E-state index in [0.717, 1.165) is 26.7 Å². The second-order valence-corrected chi connectivity index (χ2v) is 7.74. The minimum Gasteiger partial charge on any atom is -0.268 e. The molecule has 1 heterocycles. The highest BCUT2D eigenvalue weighted by molar-refractivity contribution is 9.10. The number of rotatable bonds is 3. The third-order valence-electron chi connectivity index (χ3n) is 3.42. The number of thioether (sulfide) groups is 1. The van der Waals surface area contributed by atoms with Crippen LogP contribution in [0, 0.1) is 0 Å². The predicted molar refractivity (Wildman–Crippen MR) is 102 cm³/mol. The van der Waals surface area contributed by atoms with Crippen molar-refractivity contribution in [2.24, 2.45) is 0 Å². The molecule has 24 heavy (non-hydrogen) atoms. The van der Waals surface area contributed by atoms with Crippen LogP contribution < -0.4 is 0 Å². The molecule has 0 unspecified atom stereocenters. The van der Waals surface area contributed by atoms with Crippen molar-refractivity contribution in [1.82, 2.24) is 4.90 Å². The van der Waals surface area contributed by atoms with Crippen LogP contribution in [0.15, 0.2) is 51.8 Å². The van der Waals surface area contributed by atoms with Crippen molar-refractivity contribution < 1.29 is 9.59 Å². The highest BCUT2D eigenvalue weighted by atomic mass is 79.9. The van der Waals surface area contributed by atoms with Crippen molar-refractivity contribution in [3.05, 3.63) is 73.0 Å². The van der Waals surface area contributed by atoms with E-state index < -0.39 is 0 Å². The second-order valence-electron chi connectivity index (χ2n) is 5.02. The molecular weight excluding hydrogens is 433 g/mol. The molecule has 0 bridgehead atoms. The number of imide groups is 1. The summed E-state index contributed by atoms with van der Waals surface area (Å²) >= 11 is 16.5. The molecular formula is C17H10BrCl2NO2S. The fourth-order valence-corrected chi connectivity index (χ4v) is 3.81. The highest BCUT2D eigenvalue weighted by Gasteiger charge is 2.35. The molecule has 0 atom stereocenters. The first kappa shape index (κ1) is 17.5. The summed E-state index contributed by atoms with van der Waals surface area (Å²) in [6.07, 6.45) is 1.70. The molecule has 0 aliphatic carbocycles. The van der Waals surface area contributed by atoms with Crippen molar-refractivity contribution in [2.75, 3.05) is 0 Å². The average Bonchev–Trinajstić information content (AvgIpc) is 2.80. The van der Waals surface area contributed by atoms with Gasteiger partial charge < -0.3 is 0 Å². The molecule has 1 aliphatic heterocycles. The Hall–Kier alpha value is -1.27. The van der Waals surface area contributed by atoms with Crippen molar-refractivity contribution in [3.8, 4) is 0 Å². The number of amides is 2. The van der Waals surface area contributed by atoms with E-state index in [1.807, 2.05) is 24.3 Å². The van der Waals surface area contributed by atoms with Gasteiger partial charge in [-0.25, -0.2) is 0 Å². The van der Waals surface area contributed by atoms with Gasteiger partial charge in [-0.2, -0.15) is 0 Å². The number of hydrogen-bond donors (Lipinski definition) is 0.